The van der Waals surface area contributed by atoms with Gasteiger partial charge in [0.2, 0.25) is 0 Å². The fraction of sp³-hybridized carbons (Fsp3) is 0.500. The van der Waals surface area contributed by atoms with E-state index in [1.165, 1.54) is 18.6 Å². The lowest BCUT2D eigenvalue weighted by atomic mass is 10.1. The van der Waals surface area contributed by atoms with Crippen LogP contribution in [0.3, 0.4) is 0 Å². The van der Waals surface area contributed by atoms with E-state index < -0.39 is 9.05 Å². The molecule has 6 heteroatoms. The largest absolute Gasteiger partial charge is 0.335 e. The van der Waals surface area contributed by atoms with Gasteiger partial charge in [-0.3, -0.25) is 4.79 Å². The number of aryl methyl sites for hydroxylation is 1. The Kier molecular flexibility index (Phi) is 3.29. The molecule has 0 N–H and O–H groups in total. The van der Waals surface area contributed by atoms with Crippen molar-refractivity contribution in [2.45, 2.75) is 37.1 Å². The van der Waals surface area contributed by atoms with Gasteiger partial charge in [-0.05, 0) is 55.9 Å². The summed E-state index contributed by atoms with van der Waals surface area (Å²) in [5.74, 6) is 0.653. The number of halogens is 1. The summed E-state index contributed by atoms with van der Waals surface area (Å²) in [6.45, 7) is 2.58. The van der Waals surface area contributed by atoms with E-state index in [0.29, 0.717) is 23.1 Å². The van der Waals surface area contributed by atoms with Crippen LogP contribution in [0.25, 0.3) is 0 Å². The van der Waals surface area contributed by atoms with Crippen LogP contribution >= 0.6 is 10.7 Å². The maximum Gasteiger partial charge on any atom is 0.261 e. The molecule has 4 nitrogen and oxygen atoms in total. The van der Waals surface area contributed by atoms with Crippen LogP contribution < -0.4 is 0 Å². The lowest BCUT2D eigenvalue weighted by molar-refractivity contribution is 0.0703. The van der Waals surface area contributed by atoms with Crippen LogP contribution in [0, 0.1) is 12.8 Å². The van der Waals surface area contributed by atoms with Crippen molar-refractivity contribution in [1.29, 1.82) is 0 Å². The van der Waals surface area contributed by atoms with Gasteiger partial charge in [-0.15, -0.1) is 0 Å². The zero-order valence-corrected chi connectivity index (χ0v) is 12.7. The summed E-state index contributed by atoms with van der Waals surface area (Å²) in [6, 6.07) is 4.79. The van der Waals surface area contributed by atoms with E-state index in [-0.39, 0.29) is 10.8 Å². The normalized spacial score (nSPS) is 25.2. The fourth-order valence-corrected chi connectivity index (χ4v) is 4.19. The Morgan fingerprint density at radius 1 is 1.35 bits per heavy atom. The highest BCUT2D eigenvalue weighted by atomic mass is 35.7. The molecule has 1 saturated heterocycles. The first-order valence-corrected chi connectivity index (χ1v) is 9.03. The Labute approximate surface area is 123 Å². The summed E-state index contributed by atoms with van der Waals surface area (Å²) in [5.41, 5.74) is 1.22. The monoisotopic (exact) mass is 313 g/mol. The minimum atomic E-state index is -3.75. The molecule has 20 heavy (non-hydrogen) atoms. The van der Waals surface area contributed by atoms with Crippen molar-refractivity contribution in [1.82, 2.24) is 4.90 Å². The molecule has 0 aromatic heterocycles. The Morgan fingerprint density at radius 3 is 2.60 bits per heavy atom. The summed E-state index contributed by atoms with van der Waals surface area (Å²) in [6.07, 6.45) is 3.42. The van der Waals surface area contributed by atoms with E-state index in [0.717, 1.165) is 19.4 Å². The lowest BCUT2D eigenvalue weighted by Crippen LogP contribution is -2.37. The third-order valence-electron chi connectivity index (χ3n) is 4.38. The summed E-state index contributed by atoms with van der Waals surface area (Å²) in [4.78, 5) is 14.5. The zero-order chi connectivity index (χ0) is 14.5. The Balaban J connectivity index is 1.89. The van der Waals surface area contributed by atoms with Gasteiger partial charge >= 0.3 is 0 Å². The van der Waals surface area contributed by atoms with E-state index in [4.69, 9.17) is 10.7 Å². The number of fused-ring (bicyclic) bond motifs is 2. The van der Waals surface area contributed by atoms with Crippen LogP contribution in [0.2, 0.25) is 0 Å². The zero-order valence-electron chi connectivity index (χ0n) is 11.2. The van der Waals surface area contributed by atoms with Gasteiger partial charge in [-0.25, -0.2) is 8.42 Å². The highest BCUT2D eigenvalue weighted by Crippen LogP contribution is 2.38. The van der Waals surface area contributed by atoms with E-state index in [2.05, 4.69) is 0 Å². The molecule has 1 heterocycles. The summed E-state index contributed by atoms with van der Waals surface area (Å²) in [5, 5.41) is 0. The molecule has 1 aromatic rings. The second-order valence-corrected chi connectivity index (χ2v) is 8.27. The van der Waals surface area contributed by atoms with Crippen LogP contribution in [0.15, 0.2) is 23.1 Å². The number of benzene rings is 1. The highest BCUT2D eigenvalue weighted by Gasteiger charge is 2.40. The predicted octanol–water partition coefficient (Wildman–Crippen LogP) is 2.55. The van der Waals surface area contributed by atoms with Crippen molar-refractivity contribution in [3.63, 3.8) is 0 Å². The minimum absolute atomic E-state index is 0.00761. The predicted molar refractivity (Wildman–Crippen MR) is 76.4 cm³/mol. The van der Waals surface area contributed by atoms with E-state index in [9.17, 15) is 13.2 Å². The van der Waals surface area contributed by atoms with Crippen LogP contribution in [0.4, 0.5) is 0 Å². The average molecular weight is 314 g/mol. The van der Waals surface area contributed by atoms with Gasteiger partial charge < -0.3 is 4.90 Å². The Hall–Kier alpha value is -1.07. The fourth-order valence-electron chi connectivity index (χ4n) is 3.36. The molecule has 1 aromatic carbocycles. The molecule has 1 aliphatic carbocycles. The van der Waals surface area contributed by atoms with Gasteiger partial charge in [0.05, 0.1) is 4.90 Å². The van der Waals surface area contributed by atoms with Crippen molar-refractivity contribution in [2.75, 3.05) is 6.54 Å². The summed E-state index contributed by atoms with van der Waals surface area (Å²) < 4.78 is 22.6. The molecule has 2 aliphatic rings. The molecule has 0 radical (unpaired) electrons. The van der Waals surface area contributed by atoms with Crippen molar-refractivity contribution in [3.8, 4) is 0 Å². The first-order chi connectivity index (χ1) is 9.36. The number of amides is 1. The third-order valence-corrected chi connectivity index (χ3v) is 5.73. The smallest absolute Gasteiger partial charge is 0.261 e. The molecule has 2 fully saturated rings. The number of hydrogen-bond donors (Lipinski definition) is 0. The van der Waals surface area contributed by atoms with Crippen LogP contribution in [0.5, 0.6) is 0 Å². The van der Waals surface area contributed by atoms with Crippen molar-refractivity contribution in [3.05, 3.63) is 29.3 Å². The van der Waals surface area contributed by atoms with Crippen molar-refractivity contribution in [2.24, 2.45) is 5.92 Å². The molecule has 108 valence electrons. The molecule has 3 rings (SSSR count). The van der Waals surface area contributed by atoms with Crippen LogP contribution in [0.1, 0.15) is 35.2 Å². The summed E-state index contributed by atoms with van der Waals surface area (Å²) in [7, 11) is 1.57. The number of piperidine rings is 1. The number of hydrogen-bond acceptors (Lipinski definition) is 3. The van der Waals surface area contributed by atoms with Gasteiger partial charge in [-0.1, -0.05) is 0 Å². The van der Waals surface area contributed by atoms with Crippen LogP contribution in [-0.4, -0.2) is 31.8 Å². The molecule has 1 saturated carbocycles. The maximum atomic E-state index is 12.6. The van der Waals surface area contributed by atoms with Gasteiger partial charge in [0.1, 0.15) is 0 Å². The Bertz CT molecular complexity index is 671. The van der Waals surface area contributed by atoms with Gasteiger partial charge in [0, 0.05) is 28.8 Å². The first-order valence-electron chi connectivity index (χ1n) is 6.72. The van der Waals surface area contributed by atoms with E-state index in [1.54, 1.807) is 13.0 Å². The number of carbonyl (C=O) groups excluding carboxylic acids is 1. The number of likely N-dealkylation sites (tertiary alicyclic amines) is 1. The van der Waals surface area contributed by atoms with Crippen molar-refractivity contribution >= 4 is 25.6 Å². The number of carbonyl (C=O) groups is 1. The first kappa shape index (κ1) is 13.9. The molecular formula is C14H16ClNO3S. The standard InChI is InChI=1S/C14H16ClNO3S/c1-9-6-12(20(15,18)19)4-5-13(9)14(17)16-8-10-2-3-11(16)7-10/h4-6,10-11H,2-3,7-8H2,1H3. The number of nitrogens with zero attached hydrogens (tertiary/aromatic N) is 1. The maximum absolute atomic E-state index is 12.6. The number of rotatable bonds is 2. The van der Waals surface area contributed by atoms with Crippen molar-refractivity contribution < 1.29 is 13.2 Å². The van der Waals surface area contributed by atoms with E-state index in [1.807, 2.05) is 4.90 Å². The van der Waals surface area contributed by atoms with E-state index >= 15 is 0 Å². The second kappa shape index (κ2) is 4.74. The molecule has 2 unspecified atom stereocenters. The van der Waals surface area contributed by atoms with Gasteiger partial charge in [-0.2, -0.15) is 0 Å². The molecule has 2 bridgehead atoms. The molecule has 0 spiro atoms. The van der Waals surface area contributed by atoms with Crippen LogP contribution in [-0.2, 0) is 9.05 Å². The molecule has 1 amide bonds. The summed E-state index contributed by atoms with van der Waals surface area (Å²) >= 11 is 0. The second-order valence-electron chi connectivity index (χ2n) is 5.70. The third kappa shape index (κ3) is 2.33. The SMILES string of the molecule is Cc1cc(S(=O)(=O)Cl)ccc1C(=O)N1CC2CCC1C2. The molecule has 1 aliphatic heterocycles. The lowest BCUT2D eigenvalue weighted by Gasteiger charge is -2.27. The average Bonchev–Trinajstić information content (AvgIpc) is 2.99. The topological polar surface area (TPSA) is 54.5 Å². The highest BCUT2D eigenvalue weighted by molar-refractivity contribution is 8.13. The molecule has 2 atom stereocenters. The van der Waals surface area contributed by atoms with Gasteiger partial charge in [0.15, 0.2) is 0 Å². The van der Waals surface area contributed by atoms with Gasteiger partial charge in [0.25, 0.3) is 15.0 Å². The molecular weight excluding hydrogens is 298 g/mol. The Morgan fingerprint density at radius 2 is 2.10 bits per heavy atom. The minimum Gasteiger partial charge on any atom is -0.335 e. The quantitative estimate of drug-likeness (QED) is 0.788.